The number of nitrogens with one attached hydrogen (secondary N) is 2. The monoisotopic (exact) mass is 407 g/mol. The molecule has 0 aliphatic carbocycles. The normalized spacial score (nSPS) is 14.6. The number of aromatic nitrogens is 2. The molecule has 0 atom stereocenters. The molecule has 4 rings (SSSR count). The van der Waals surface area contributed by atoms with Crippen molar-refractivity contribution in [1.29, 1.82) is 0 Å². The van der Waals surface area contributed by atoms with E-state index in [0.29, 0.717) is 29.0 Å². The summed E-state index contributed by atoms with van der Waals surface area (Å²) in [4.78, 5) is 32.1. The quantitative estimate of drug-likeness (QED) is 0.651. The maximum atomic E-state index is 13.2. The van der Waals surface area contributed by atoms with Gasteiger partial charge in [-0.2, -0.15) is 0 Å². The Morgan fingerprint density at radius 1 is 1.10 bits per heavy atom. The van der Waals surface area contributed by atoms with Gasteiger partial charge in [-0.3, -0.25) is 14.2 Å². The van der Waals surface area contributed by atoms with Crippen molar-refractivity contribution in [2.75, 3.05) is 25.5 Å². The van der Waals surface area contributed by atoms with E-state index in [9.17, 15) is 9.59 Å². The molecule has 2 aromatic carbocycles. The number of ether oxygens (including phenoxy) is 1. The van der Waals surface area contributed by atoms with Crippen LogP contribution in [-0.2, 0) is 17.9 Å². The van der Waals surface area contributed by atoms with Crippen LogP contribution in [-0.4, -0.2) is 35.7 Å². The fourth-order valence-corrected chi connectivity index (χ4v) is 3.98. The Balaban J connectivity index is 1.61. The van der Waals surface area contributed by atoms with Crippen LogP contribution in [0.5, 0.6) is 5.75 Å². The predicted octanol–water partition coefficient (Wildman–Crippen LogP) is 1.61. The van der Waals surface area contributed by atoms with E-state index < -0.39 is 0 Å². The summed E-state index contributed by atoms with van der Waals surface area (Å²) in [6.45, 7) is 2.72. The molecular weight excluding hydrogens is 380 g/mol. The average Bonchev–Trinajstić information content (AvgIpc) is 2.78. The van der Waals surface area contributed by atoms with E-state index in [1.54, 1.807) is 37.4 Å². The van der Waals surface area contributed by atoms with Crippen LogP contribution in [0.15, 0.2) is 53.3 Å². The number of para-hydroxylation sites is 1. The van der Waals surface area contributed by atoms with Gasteiger partial charge < -0.3 is 15.0 Å². The molecule has 30 heavy (non-hydrogen) atoms. The zero-order valence-corrected chi connectivity index (χ0v) is 17.2. The molecule has 7 nitrogen and oxygen atoms in total. The molecule has 1 aliphatic rings. The number of hydrogen-bond acceptors (Lipinski definition) is 4. The van der Waals surface area contributed by atoms with Gasteiger partial charge in [0.15, 0.2) is 5.82 Å². The lowest BCUT2D eigenvalue weighted by molar-refractivity contribution is -0.919. The number of nitrogens with zero attached hydrogens (tertiary/aromatic N) is 2. The Bertz CT molecular complexity index is 1090. The number of carbonyl (C=O) groups is 1. The van der Waals surface area contributed by atoms with E-state index >= 15 is 0 Å². The van der Waals surface area contributed by atoms with E-state index in [1.165, 1.54) is 28.7 Å². The molecule has 1 aliphatic heterocycles. The number of quaternary nitrogens is 1. The molecule has 0 bridgehead atoms. The van der Waals surface area contributed by atoms with Crippen molar-refractivity contribution in [2.24, 2.45) is 0 Å². The number of hydrogen-bond donors (Lipinski definition) is 2. The SMILES string of the molecule is COc1ccc(NC(=O)Cn2c(C[NH+]3CCCCC3)nc3ccccc3c2=O)cc1. The lowest BCUT2D eigenvalue weighted by Crippen LogP contribution is -3.11. The first kappa shape index (κ1) is 20.1. The number of rotatable bonds is 6. The highest BCUT2D eigenvalue weighted by atomic mass is 16.5. The zero-order valence-electron chi connectivity index (χ0n) is 17.2. The Morgan fingerprint density at radius 3 is 2.57 bits per heavy atom. The number of fused-ring (bicyclic) bond motifs is 1. The van der Waals surface area contributed by atoms with Crippen LogP contribution >= 0.6 is 0 Å². The van der Waals surface area contributed by atoms with Crippen LogP contribution < -0.4 is 20.5 Å². The Hall–Kier alpha value is -3.19. The third kappa shape index (κ3) is 4.52. The Kier molecular flexibility index (Phi) is 6.09. The third-order valence-corrected chi connectivity index (χ3v) is 5.58. The van der Waals surface area contributed by atoms with Crippen LogP contribution in [0.2, 0.25) is 0 Å². The van der Waals surface area contributed by atoms with E-state index in [1.807, 2.05) is 18.2 Å². The maximum absolute atomic E-state index is 13.2. The van der Waals surface area contributed by atoms with E-state index in [2.05, 4.69) is 5.32 Å². The lowest BCUT2D eigenvalue weighted by atomic mass is 10.1. The number of amides is 1. The van der Waals surface area contributed by atoms with E-state index in [4.69, 9.17) is 9.72 Å². The second kappa shape index (κ2) is 9.09. The molecule has 1 saturated heterocycles. The van der Waals surface area contributed by atoms with Crippen LogP contribution in [0.3, 0.4) is 0 Å². The van der Waals surface area contributed by atoms with Gasteiger partial charge in [0.1, 0.15) is 18.8 Å². The van der Waals surface area contributed by atoms with Gasteiger partial charge in [0.05, 0.1) is 31.1 Å². The standard InChI is InChI=1S/C23H26N4O3/c1-30-18-11-9-17(10-12-18)24-22(28)16-27-21(15-26-13-5-2-6-14-26)25-20-8-4-3-7-19(20)23(27)29/h3-4,7-12H,2,5-6,13-16H2,1H3,(H,24,28)/p+1. The van der Waals surface area contributed by atoms with Crippen molar-refractivity contribution >= 4 is 22.5 Å². The summed E-state index contributed by atoms with van der Waals surface area (Å²) in [7, 11) is 1.60. The number of piperidine rings is 1. The van der Waals surface area contributed by atoms with Crippen molar-refractivity contribution in [2.45, 2.75) is 32.4 Å². The highest BCUT2D eigenvalue weighted by Crippen LogP contribution is 2.15. The minimum atomic E-state index is -0.255. The van der Waals surface area contributed by atoms with Crippen molar-refractivity contribution in [1.82, 2.24) is 9.55 Å². The molecule has 7 heteroatoms. The second-order valence-electron chi connectivity index (χ2n) is 7.70. The van der Waals surface area contributed by atoms with Gasteiger partial charge in [0.25, 0.3) is 5.56 Å². The molecule has 0 spiro atoms. The fraction of sp³-hybridized carbons (Fsp3) is 0.348. The van der Waals surface area contributed by atoms with Gasteiger partial charge in [0, 0.05) is 5.69 Å². The molecule has 0 radical (unpaired) electrons. The predicted molar refractivity (Wildman–Crippen MR) is 116 cm³/mol. The lowest BCUT2D eigenvalue weighted by Gasteiger charge is -2.24. The van der Waals surface area contributed by atoms with Gasteiger partial charge in [-0.25, -0.2) is 4.98 Å². The first-order valence-electron chi connectivity index (χ1n) is 10.4. The number of carbonyl (C=O) groups excluding carboxylic acids is 1. The van der Waals surface area contributed by atoms with Crippen molar-refractivity contribution < 1.29 is 14.4 Å². The summed E-state index contributed by atoms with van der Waals surface area (Å²) < 4.78 is 6.68. The molecule has 1 fully saturated rings. The summed E-state index contributed by atoms with van der Waals surface area (Å²) in [6.07, 6.45) is 3.63. The molecule has 1 amide bonds. The van der Waals surface area contributed by atoms with Gasteiger partial charge in [-0.1, -0.05) is 12.1 Å². The van der Waals surface area contributed by atoms with Crippen LogP contribution in [0.4, 0.5) is 5.69 Å². The number of benzene rings is 2. The topological polar surface area (TPSA) is 77.7 Å². The van der Waals surface area contributed by atoms with Gasteiger partial charge >= 0.3 is 0 Å². The minimum Gasteiger partial charge on any atom is -0.497 e. The average molecular weight is 407 g/mol. The van der Waals surface area contributed by atoms with Crippen LogP contribution in [0.25, 0.3) is 10.9 Å². The second-order valence-corrected chi connectivity index (χ2v) is 7.70. The van der Waals surface area contributed by atoms with Crippen LogP contribution in [0, 0.1) is 0 Å². The van der Waals surface area contributed by atoms with Crippen LogP contribution in [0.1, 0.15) is 25.1 Å². The molecule has 2 heterocycles. The van der Waals surface area contributed by atoms with Gasteiger partial charge in [-0.15, -0.1) is 0 Å². The minimum absolute atomic E-state index is 0.0642. The van der Waals surface area contributed by atoms with Crippen molar-refractivity contribution in [3.63, 3.8) is 0 Å². The third-order valence-electron chi connectivity index (χ3n) is 5.58. The molecule has 0 saturated carbocycles. The number of likely N-dealkylation sites (tertiary alicyclic amines) is 1. The molecule has 1 aromatic heterocycles. The molecule has 156 valence electrons. The smallest absolute Gasteiger partial charge is 0.262 e. The largest absolute Gasteiger partial charge is 0.497 e. The maximum Gasteiger partial charge on any atom is 0.262 e. The van der Waals surface area contributed by atoms with Gasteiger partial charge in [-0.05, 0) is 55.7 Å². The highest BCUT2D eigenvalue weighted by molar-refractivity contribution is 5.90. The van der Waals surface area contributed by atoms with E-state index in [0.717, 1.165) is 18.8 Å². The van der Waals surface area contributed by atoms with Gasteiger partial charge in [0.2, 0.25) is 5.91 Å². The summed E-state index contributed by atoms with van der Waals surface area (Å²) >= 11 is 0. The molecule has 3 aromatic rings. The molecule has 2 N–H and O–H groups in total. The number of anilines is 1. The summed E-state index contributed by atoms with van der Waals surface area (Å²) in [6, 6.07) is 14.4. The molecule has 0 unspecified atom stereocenters. The molecular formula is C23H27N4O3+. The Morgan fingerprint density at radius 2 is 1.83 bits per heavy atom. The zero-order chi connectivity index (χ0) is 20.9. The summed E-state index contributed by atoms with van der Waals surface area (Å²) in [5.74, 6) is 1.13. The first-order chi connectivity index (χ1) is 14.6. The van der Waals surface area contributed by atoms with Crippen molar-refractivity contribution in [3.8, 4) is 5.75 Å². The Labute approximate surface area is 175 Å². The number of methoxy groups -OCH3 is 1. The fourth-order valence-electron chi connectivity index (χ4n) is 3.98. The summed E-state index contributed by atoms with van der Waals surface area (Å²) in [5.41, 5.74) is 1.17. The highest BCUT2D eigenvalue weighted by Gasteiger charge is 2.20. The van der Waals surface area contributed by atoms with Crippen molar-refractivity contribution in [3.05, 3.63) is 64.7 Å². The van der Waals surface area contributed by atoms with E-state index in [-0.39, 0.29) is 18.0 Å². The summed E-state index contributed by atoms with van der Waals surface area (Å²) in [5, 5.41) is 3.39. The first-order valence-corrected chi connectivity index (χ1v) is 10.4.